The van der Waals surface area contributed by atoms with Gasteiger partial charge in [0, 0.05) is 5.56 Å². The first-order valence-electron chi connectivity index (χ1n) is 8.48. The van der Waals surface area contributed by atoms with Gasteiger partial charge in [-0.3, -0.25) is 4.79 Å². The summed E-state index contributed by atoms with van der Waals surface area (Å²) >= 11 is 0. The van der Waals surface area contributed by atoms with Crippen LogP contribution in [-0.4, -0.2) is 23.1 Å². The highest BCUT2D eigenvalue weighted by atomic mass is 16.6. The lowest BCUT2D eigenvalue weighted by atomic mass is 9.64. The van der Waals surface area contributed by atoms with Crippen molar-refractivity contribution >= 4 is 17.4 Å². The number of ether oxygens (including phenoxy) is 1. The number of allylic oxidation sites excluding steroid dienone is 1. The van der Waals surface area contributed by atoms with Gasteiger partial charge in [0.25, 0.3) is 0 Å². The molecular formula is C21H21NO4. The normalized spacial score (nSPS) is 20.8. The molecule has 0 fully saturated rings. The number of phenols is 1. The molecule has 0 radical (unpaired) electrons. The zero-order valence-corrected chi connectivity index (χ0v) is 14.7. The summed E-state index contributed by atoms with van der Waals surface area (Å²) in [6.07, 6.45) is 0.777. The summed E-state index contributed by atoms with van der Waals surface area (Å²) in [6, 6.07) is 14.0. The van der Waals surface area contributed by atoms with Crippen LogP contribution in [0.2, 0.25) is 0 Å². The van der Waals surface area contributed by atoms with Crippen LogP contribution in [0.4, 0.5) is 4.79 Å². The zero-order valence-electron chi connectivity index (χ0n) is 14.7. The molecule has 0 heterocycles. The first-order chi connectivity index (χ1) is 12.4. The van der Waals surface area contributed by atoms with Crippen LogP contribution in [0, 0.1) is 0 Å². The maximum atomic E-state index is 12.8. The van der Waals surface area contributed by atoms with Crippen LogP contribution in [0.5, 0.6) is 5.75 Å². The third-order valence-corrected chi connectivity index (χ3v) is 5.03. The summed E-state index contributed by atoms with van der Waals surface area (Å²) in [4.78, 5) is 24.2. The molecule has 4 rings (SSSR count). The van der Waals surface area contributed by atoms with E-state index in [1.54, 1.807) is 18.2 Å². The van der Waals surface area contributed by atoms with Crippen molar-refractivity contribution in [3.05, 3.63) is 71.3 Å². The van der Waals surface area contributed by atoms with Crippen molar-refractivity contribution in [1.82, 2.24) is 0 Å². The van der Waals surface area contributed by atoms with Gasteiger partial charge in [-0.25, -0.2) is 4.79 Å². The molecule has 2 unspecified atom stereocenters. The predicted molar refractivity (Wildman–Crippen MR) is 99.0 cm³/mol. The second-order valence-corrected chi connectivity index (χ2v) is 6.59. The van der Waals surface area contributed by atoms with Crippen molar-refractivity contribution in [2.75, 3.05) is 0 Å². The largest absolute Gasteiger partial charge is 0.508 e. The number of hydrogen-bond acceptors (Lipinski definition) is 4. The van der Waals surface area contributed by atoms with Gasteiger partial charge in [-0.05, 0) is 48.3 Å². The average Bonchev–Trinajstić information content (AvgIpc) is 2.62. The number of fused-ring (bicyclic) bond motifs is 3. The second kappa shape index (κ2) is 6.67. The Morgan fingerprint density at radius 3 is 2.50 bits per heavy atom. The number of ketones is 1. The van der Waals surface area contributed by atoms with Crippen molar-refractivity contribution in [2.45, 2.75) is 31.8 Å². The number of carbonyl (C=O) groups is 2. The van der Waals surface area contributed by atoms with E-state index < -0.39 is 17.6 Å². The average molecular weight is 351 g/mol. The Morgan fingerprint density at radius 1 is 1.23 bits per heavy atom. The van der Waals surface area contributed by atoms with E-state index in [9.17, 15) is 14.7 Å². The smallest absolute Gasteiger partial charge is 0.404 e. The molecule has 0 saturated carbocycles. The van der Waals surface area contributed by atoms with Gasteiger partial charge in [0.05, 0.1) is 5.41 Å². The van der Waals surface area contributed by atoms with Gasteiger partial charge >= 0.3 is 6.09 Å². The van der Waals surface area contributed by atoms with Crippen molar-refractivity contribution in [1.29, 1.82) is 0 Å². The summed E-state index contributed by atoms with van der Waals surface area (Å²) in [6.45, 7) is 3.86. The summed E-state index contributed by atoms with van der Waals surface area (Å²) in [5.41, 5.74) is 7.60. The molecule has 2 aliphatic rings. The Labute approximate surface area is 152 Å². The Hall–Kier alpha value is -3.08. The molecular weight excluding hydrogens is 330 g/mol. The number of nitrogens with two attached hydrogens (primary N) is 1. The summed E-state index contributed by atoms with van der Waals surface area (Å²) in [7, 11) is 0. The van der Waals surface area contributed by atoms with Crippen LogP contribution in [0.15, 0.2) is 54.6 Å². The summed E-state index contributed by atoms with van der Waals surface area (Å²) in [5.74, 6) is -0.189. The van der Waals surface area contributed by atoms with Crippen LogP contribution < -0.4 is 5.73 Å². The molecule has 2 atom stereocenters. The molecule has 26 heavy (non-hydrogen) atoms. The predicted octanol–water partition coefficient (Wildman–Crippen LogP) is 3.80. The van der Waals surface area contributed by atoms with Crippen molar-refractivity contribution in [2.24, 2.45) is 5.73 Å². The number of rotatable bonds is 5. The van der Waals surface area contributed by atoms with Crippen LogP contribution in [-0.2, 0) is 10.2 Å². The van der Waals surface area contributed by atoms with Crippen molar-refractivity contribution < 1.29 is 19.4 Å². The minimum absolute atomic E-state index is 0.0347. The maximum Gasteiger partial charge on any atom is 0.404 e. The van der Waals surface area contributed by atoms with E-state index in [-0.39, 0.29) is 11.5 Å². The van der Waals surface area contributed by atoms with E-state index in [2.05, 4.69) is 0 Å². The molecule has 2 aliphatic carbocycles. The molecule has 0 aliphatic heterocycles. The first-order valence-corrected chi connectivity index (χ1v) is 8.48. The van der Waals surface area contributed by atoms with Crippen molar-refractivity contribution in [3.63, 3.8) is 0 Å². The van der Waals surface area contributed by atoms with Crippen molar-refractivity contribution in [3.8, 4) is 5.75 Å². The Kier molecular flexibility index (Phi) is 4.55. The highest BCUT2D eigenvalue weighted by Gasteiger charge is 2.44. The molecule has 5 nitrogen and oxygen atoms in total. The standard InChI is InChI=1S/C21H21NO4/c1-3-19(26-20(22)25)21(2)15-9-7-13(8-10-15)17(21)12-18(24)14-5-4-6-16(23)11-14/h4-12,19,23H,3H2,1-2H3,(H2,22,25)/b17-12+. The number of amides is 1. The fraction of sp³-hybridized carbons (Fsp3) is 0.238. The minimum Gasteiger partial charge on any atom is -0.508 e. The molecule has 3 N–H and O–H groups in total. The third-order valence-electron chi connectivity index (χ3n) is 5.03. The third kappa shape index (κ3) is 2.96. The quantitative estimate of drug-likeness (QED) is 0.633. The molecule has 0 spiro atoms. The van der Waals surface area contributed by atoms with Crippen LogP contribution >= 0.6 is 0 Å². The van der Waals surface area contributed by atoms with E-state index in [0.717, 1.165) is 16.7 Å². The number of primary amides is 1. The number of benzene rings is 2. The molecule has 0 saturated heterocycles. The molecule has 2 aromatic carbocycles. The SMILES string of the molecule is CCC(OC(N)=O)C1(C)/C(=C/C(=O)c2cccc(O)c2)c2ccc1cc2. The highest BCUT2D eigenvalue weighted by Crippen LogP contribution is 2.47. The topological polar surface area (TPSA) is 89.6 Å². The molecule has 0 aromatic heterocycles. The van der Waals surface area contributed by atoms with E-state index in [1.165, 1.54) is 12.1 Å². The van der Waals surface area contributed by atoms with Gasteiger partial charge in [-0.2, -0.15) is 0 Å². The molecule has 1 amide bonds. The van der Waals surface area contributed by atoms with E-state index in [1.807, 2.05) is 38.1 Å². The van der Waals surface area contributed by atoms with Gasteiger partial charge in [0.1, 0.15) is 11.9 Å². The van der Waals surface area contributed by atoms with Crippen LogP contribution in [0.1, 0.15) is 41.8 Å². The summed E-state index contributed by atoms with van der Waals surface area (Å²) < 4.78 is 5.38. The number of hydrogen-bond donors (Lipinski definition) is 2. The van der Waals surface area contributed by atoms with E-state index in [4.69, 9.17) is 10.5 Å². The number of phenolic OH excluding ortho intramolecular Hbond substituents is 1. The molecule has 2 aromatic rings. The lowest BCUT2D eigenvalue weighted by Crippen LogP contribution is -2.43. The Bertz CT molecular complexity index is 885. The fourth-order valence-corrected chi connectivity index (χ4v) is 3.67. The number of aromatic hydroxyl groups is 1. The van der Waals surface area contributed by atoms with E-state index in [0.29, 0.717) is 12.0 Å². The highest BCUT2D eigenvalue weighted by molar-refractivity contribution is 6.10. The Morgan fingerprint density at radius 2 is 1.92 bits per heavy atom. The van der Waals surface area contributed by atoms with Gasteiger partial charge in [0.2, 0.25) is 0 Å². The molecule has 134 valence electrons. The van der Waals surface area contributed by atoms with Gasteiger partial charge in [0.15, 0.2) is 5.78 Å². The summed E-state index contributed by atoms with van der Waals surface area (Å²) in [5, 5.41) is 9.63. The molecule has 2 bridgehead atoms. The lowest BCUT2D eigenvalue weighted by molar-refractivity contribution is 0.0721. The second-order valence-electron chi connectivity index (χ2n) is 6.59. The van der Waals surface area contributed by atoms with Crippen LogP contribution in [0.3, 0.4) is 0 Å². The number of carbonyl (C=O) groups excluding carboxylic acids is 2. The van der Waals surface area contributed by atoms with Gasteiger partial charge in [-0.1, -0.05) is 43.3 Å². The first kappa shape index (κ1) is 17.7. The van der Waals surface area contributed by atoms with E-state index >= 15 is 0 Å². The zero-order chi connectivity index (χ0) is 18.9. The maximum absolute atomic E-state index is 12.8. The van der Waals surface area contributed by atoms with Crippen LogP contribution in [0.25, 0.3) is 5.57 Å². The lowest BCUT2D eigenvalue weighted by Gasteiger charge is -2.42. The fourth-order valence-electron chi connectivity index (χ4n) is 3.67. The monoisotopic (exact) mass is 351 g/mol. The van der Waals surface area contributed by atoms with Gasteiger partial charge in [-0.15, -0.1) is 0 Å². The minimum atomic E-state index is -0.836. The Balaban J connectivity index is 2.09. The van der Waals surface area contributed by atoms with Gasteiger partial charge < -0.3 is 15.6 Å². The molecule has 5 heteroatoms.